The fourth-order valence-electron chi connectivity index (χ4n) is 0.280. The first-order valence-corrected chi connectivity index (χ1v) is 5.05. The molecule has 0 spiro atoms. The molecule has 0 aliphatic heterocycles. The Hall–Kier alpha value is 0.190. The molecule has 2 nitrogen and oxygen atoms in total. The first kappa shape index (κ1) is 11.2. The molecule has 0 aromatic rings. The van der Waals surface area contributed by atoms with Crippen LogP contribution < -0.4 is 5.73 Å². The van der Waals surface area contributed by atoms with E-state index in [0.717, 1.165) is 7.41 Å². The summed E-state index contributed by atoms with van der Waals surface area (Å²) in [5.41, 5.74) is 5.36. The zero-order chi connectivity index (χ0) is 8.69. The van der Waals surface area contributed by atoms with Crippen molar-refractivity contribution >= 4 is 51.1 Å². The summed E-state index contributed by atoms with van der Waals surface area (Å²) in [6, 6.07) is 0. The maximum atomic E-state index is 5.36. The third kappa shape index (κ3) is 8.09. The second-order valence-electron chi connectivity index (χ2n) is 1.57. The van der Waals surface area contributed by atoms with Crippen LogP contribution in [0.15, 0.2) is 30.6 Å². The number of hydrogen-bond donors (Lipinski definition) is 1. The van der Waals surface area contributed by atoms with Crippen molar-refractivity contribution in [2.45, 2.75) is 6.92 Å². The monoisotopic (exact) mass is 374 g/mol. The van der Waals surface area contributed by atoms with Gasteiger partial charge in [-0.3, -0.25) is 0 Å². The van der Waals surface area contributed by atoms with Gasteiger partial charge in [-0.05, 0) is 64.1 Å². The normalized spacial score (nSPS) is 12.3. The molecule has 60 valence electrons. The van der Waals surface area contributed by atoms with Gasteiger partial charge in [0.2, 0.25) is 0 Å². The molecule has 0 unspecified atom stereocenters. The van der Waals surface area contributed by atoms with Crippen molar-refractivity contribution in [2.24, 2.45) is 10.7 Å². The molecule has 2 N–H and O–H groups in total. The zero-order valence-corrected chi connectivity index (χ0v) is 10.3. The van der Waals surface area contributed by atoms with Crippen LogP contribution in [0.25, 0.3) is 0 Å². The molecule has 0 aromatic heterocycles. The number of rotatable bonds is 2. The van der Waals surface area contributed by atoms with Crippen molar-refractivity contribution in [1.82, 2.24) is 0 Å². The van der Waals surface area contributed by atoms with Crippen molar-refractivity contribution in [3.8, 4) is 0 Å². The van der Waals surface area contributed by atoms with Gasteiger partial charge >= 0.3 is 0 Å². The second-order valence-corrected chi connectivity index (χ2v) is 3.92. The summed E-state index contributed by atoms with van der Waals surface area (Å²) in [4.78, 5) is 3.95. The smallest absolute Gasteiger partial charge is 0.107 e. The molecule has 0 aliphatic rings. The molecule has 0 saturated heterocycles. The van der Waals surface area contributed by atoms with Gasteiger partial charge in [-0.2, -0.15) is 0 Å². The lowest BCUT2D eigenvalue weighted by molar-refractivity contribution is 1.53. The van der Waals surface area contributed by atoms with E-state index in [2.05, 4.69) is 33.5 Å². The molecule has 0 amide bonds. The summed E-state index contributed by atoms with van der Waals surface area (Å²) in [6.07, 6.45) is 5.33. The maximum absolute atomic E-state index is 5.36. The van der Waals surface area contributed by atoms with E-state index < -0.39 is 0 Å². The van der Waals surface area contributed by atoms with Crippen LogP contribution in [0.3, 0.4) is 0 Å². The van der Waals surface area contributed by atoms with E-state index in [1.807, 2.05) is 35.6 Å². The third-order valence-electron chi connectivity index (χ3n) is 0.727. The molecule has 0 bridgehead atoms. The molecular weight excluding hydrogens is 366 g/mol. The highest BCUT2D eigenvalue weighted by Crippen LogP contribution is 2.04. The van der Waals surface area contributed by atoms with Gasteiger partial charge in [0.15, 0.2) is 0 Å². The first-order valence-electron chi connectivity index (χ1n) is 2.89. The van der Waals surface area contributed by atoms with E-state index in [0.29, 0.717) is 0 Å². The zero-order valence-electron chi connectivity index (χ0n) is 6.01. The quantitative estimate of drug-likeness (QED) is 0.343. The van der Waals surface area contributed by atoms with Gasteiger partial charge in [0, 0.05) is 6.08 Å². The fourth-order valence-corrected chi connectivity index (χ4v) is 0.599. The van der Waals surface area contributed by atoms with Crippen LogP contribution in [0, 0.1) is 0 Å². The topological polar surface area (TPSA) is 38.4 Å². The van der Waals surface area contributed by atoms with Gasteiger partial charge in [0.05, 0.1) is 3.70 Å². The molecule has 0 radical (unpaired) electrons. The molecule has 0 aromatic carbocycles. The Labute approximate surface area is 93.6 Å². The molecule has 0 aliphatic carbocycles. The van der Waals surface area contributed by atoms with Gasteiger partial charge in [-0.1, -0.05) is 6.08 Å². The summed E-state index contributed by atoms with van der Waals surface area (Å²) in [6.45, 7) is 1.93. The number of nitrogens with zero attached hydrogens (tertiary/aromatic N) is 1. The predicted molar refractivity (Wildman–Crippen MR) is 66.1 cm³/mol. The first-order chi connectivity index (χ1) is 5.16. The van der Waals surface area contributed by atoms with Crippen LogP contribution in [0.1, 0.15) is 6.92 Å². The molecule has 11 heavy (non-hydrogen) atoms. The van der Waals surface area contributed by atoms with E-state index in [4.69, 9.17) is 5.73 Å². The van der Waals surface area contributed by atoms with E-state index >= 15 is 0 Å². The van der Waals surface area contributed by atoms with Gasteiger partial charge in [-0.15, -0.1) is 0 Å². The Morgan fingerprint density at radius 1 is 1.55 bits per heavy atom. The Balaban J connectivity index is 4.13. The number of hydrogen-bond acceptors (Lipinski definition) is 2. The molecule has 0 rings (SSSR count). The summed E-state index contributed by atoms with van der Waals surface area (Å²) < 4.78 is 1.64. The van der Waals surface area contributed by atoms with Gasteiger partial charge in [0.1, 0.15) is 3.70 Å². The van der Waals surface area contributed by atoms with Crippen LogP contribution in [0.5, 0.6) is 0 Å². The largest absolute Gasteiger partial charge is 0.394 e. The number of aliphatic imine (C=N–C) groups is 1. The Kier molecular flexibility index (Phi) is 6.99. The van der Waals surface area contributed by atoms with Crippen LogP contribution >= 0.6 is 45.2 Å². The standard InChI is InChI=1S/C7H8I2N2/c1-2-7(9)11-5-3-4-6(8)10/h2-4H,10H2,1H3/b6-4-,7-2-. The highest BCUT2D eigenvalue weighted by Gasteiger charge is 1.75. The van der Waals surface area contributed by atoms with Crippen molar-refractivity contribution < 1.29 is 0 Å². The van der Waals surface area contributed by atoms with Crippen LogP contribution in [0.2, 0.25) is 0 Å². The average molecular weight is 374 g/mol. The van der Waals surface area contributed by atoms with Crippen LogP contribution in [-0.2, 0) is 0 Å². The van der Waals surface area contributed by atoms with Gasteiger partial charge < -0.3 is 5.73 Å². The van der Waals surface area contributed by atoms with Crippen LogP contribution in [0.4, 0.5) is 0 Å². The minimum absolute atomic E-state index is 0.723. The summed E-state index contributed by atoms with van der Waals surface area (Å²) >= 11 is 4.14. The van der Waals surface area contributed by atoms with Gasteiger partial charge in [0.25, 0.3) is 0 Å². The SMILES string of the molecule is C/C=C(/I)N=C=C/C=C(\N)I. The van der Waals surface area contributed by atoms with E-state index in [1.54, 1.807) is 12.2 Å². The maximum Gasteiger partial charge on any atom is 0.107 e. The average Bonchev–Trinajstić information content (AvgIpc) is 1.97. The molecule has 4 heteroatoms. The Morgan fingerprint density at radius 3 is 2.64 bits per heavy atom. The number of allylic oxidation sites excluding steroid dienone is 3. The van der Waals surface area contributed by atoms with E-state index in [1.165, 1.54) is 0 Å². The lowest BCUT2D eigenvalue weighted by atomic mass is 10.6. The van der Waals surface area contributed by atoms with Crippen molar-refractivity contribution in [3.05, 3.63) is 25.6 Å². The summed E-state index contributed by atoms with van der Waals surface area (Å²) in [5, 5.41) is 0. The predicted octanol–water partition coefficient (Wildman–Crippen LogP) is 2.74. The summed E-state index contributed by atoms with van der Waals surface area (Å²) in [7, 11) is 0. The number of nitrogens with two attached hydrogens (primary N) is 1. The van der Waals surface area contributed by atoms with Crippen molar-refractivity contribution in [1.29, 1.82) is 0 Å². The minimum atomic E-state index is 0.723. The molecule has 0 saturated carbocycles. The van der Waals surface area contributed by atoms with Gasteiger partial charge in [-0.25, -0.2) is 4.99 Å². The van der Waals surface area contributed by atoms with E-state index in [9.17, 15) is 0 Å². The minimum Gasteiger partial charge on any atom is -0.394 e. The lowest BCUT2D eigenvalue weighted by Crippen LogP contribution is -1.83. The Bertz CT molecular complexity index is 231. The summed E-state index contributed by atoms with van der Waals surface area (Å²) in [5.74, 6) is 2.73. The number of halogens is 2. The van der Waals surface area contributed by atoms with Crippen molar-refractivity contribution in [3.63, 3.8) is 0 Å². The molecule has 0 atom stereocenters. The molecule has 0 heterocycles. The highest BCUT2D eigenvalue weighted by molar-refractivity contribution is 14.1. The lowest BCUT2D eigenvalue weighted by Gasteiger charge is -1.79. The second kappa shape index (κ2) is 6.87. The van der Waals surface area contributed by atoms with Crippen molar-refractivity contribution in [2.75, 3.05) is 0 Å². The van der Waals surface area contributed by atoms with E-state index in [-0.39, 0.29) is 0 Å². The highest BCUT2D eigenvalue weighted by atomic mass is 127. The molecule has 0 fully saturated rings. The Morgan fingerprint density at radius 2 is 2.18 bits per heavy atom. The third-order valence-corrected chi connectivity index (χ3v) is 1.95. The fraction of sp³-hybridized carbons (Fsp3) is 0.143. The van der Waals surface area contributed by atoms with Crippen LogP contribution in [-0.4, -0.2) is 5.87 Å². The molecular formula is C7H8I2N2.